The number of carbonyl (C=O) groups excluding carboxylic acids is 1. The van der Waals surface area contributed by atoms with Gasteiger partial charge in [-0.2, -0.15) is 0 Å². The van der Waals surface area contributed by atoms with Crippen molar-refractivity contribution in [2.24, 2.45) is 0 Å². The lowest BCUT2D eigenvalue weighted by molar-refractivity contribution is -0.115. The van der Waals surface area contributed by atoms with Gasteiger partial charge in [0.05, 0.1) is 28.2 Å². The Bertz CT molecular complexity index is 1230. The van der Waals surface area contributed by atoms with Gasteiger partial charge in [-0.25, -0.2) is 4.98 Å². The number of aromatic hydroxyl groups is 1. The van der Waals surface area contributed by atoms with Crippen LogP contribution < -0.4 is 10.1 Å². The molecule has 4 rings (SSSR count). The van der Waals surface area contributed by atoms with E-state index in [0.29, 0.717) is 33.7 Å². The number of hydrogen-bond donors (Lipinski definition) is 3. The van der Waals surface area contributed by atoms with Crippen molar-refractivity contribution < 1.29 is 14.6 Å². The summed E-state index contributed by atoms with van der Waals surface area (Å²) in [4.78, 5) is 21.0. The molecule has 3 aromatic carbocycles. The van der Waals surface area contributed by atoms with Crippen LogP contribution in [-0.2, 0) is 11.3 Å². The number of nitrogens with zero attached hydrogens (tertiary/aromatic N) is 1. The Morgan fingerprint density at radius 3 is 2.65 bits per heavy atom. The van der Waals surface area contributed by atoms with Crippen LogP contribution in [-0.4, -0.2) is 28.1 Å². The molecule has 0 unspecified atom stereocenters. The van der Waals surface area contributed by atoms with Gasteiger partial charge in [0.1, 0.15) is 5.82 Å². The van der Waals surface area contributed by atoms with Crippen LogP contribution in [0.2, 0.25) is 0 Å². The van der Waals surface area contributed by atoms with E-state index in [0.717, 1.165) is 16.6 Å². The second kappa shape index (κ2) is 9.06. The molecule has 0 spiro atoms. The molecule has 0 fully saturated rings. The molecule has 1 amide bonds. The molecule has 0 saturated heterocycles. The van der Waals surface area contributed by atoms with Crippen LogP contribution in [0.25, 0.3) is 22.7 Å². The fourth-order valence-corrected chi connectivity index (χ4v) is 3.65. The number of amides is 1. The topological polar surface area (TPSA) is 87.2 Å². The number of rotatable bonds is 6. The third-order valence-corrected chi connectivity index (χ3v) is 5.37. The minimum atomic E-state index is -0.272. The standard InChI is InChI=1S/C24H20BrN3O3/c1-31-21-13-16(12-18(25)22(21)29)11-17(23-27-19-9-5-6-10-20(19)28-23)24(30)26-14-15-7-3-2-4-8-15/h2-13,29H,14H2,1H3,(H,26,30)(H,27,28). The molecule has 0 aliphatic carbocycles. The molecule has 0 radical (unpaired) electrons. The van der Waals surface area contributed by atoms with E-state index in [1.54, 1.807) is 18.2 Å². The van der Waals surface area contributed by atoms with E-state index < -0.39 is 0 Å². The second-order valence-corrected chi connectivity index (χ2v) is 7.74. The number of aromatic amines is 1. The largest absolute Gasteiger partial charge is 0.503 e. The summed E-state index contributed by atoms with van der Waals surface area (Å²) in [6.45, 7) is 0.389. The number of halogens is 1. The zero-order chi connectivity index (χ0) is 21.8. The Kier molecular flexibility index (Phi) is 6.04. The minimum absolute atomic E-state index is 0.00142. The van der Waals surface area contributed by atoms with Crippen molar-refractivity contribution in [3.05, 3.63) is 88.2 Å². The van der Waals surface area contributed by atoms with E-state index in [1.165, 1.54) is 7.11 Å². The number of benzene rings is 3. The number of nitrogens with one attached hydrogen (secondary N) is 2. The fourth-order valence-electron chi connectivity index (χ4n) is 3.19. The van der Waals surface area contributed by atoms with Crippen LogP contribution >= 0.6 is 15.9 Å². The number of H-pyrrole nitrogens is 1. The highest BCUT2D eigenvalue weighted by Gasteiger charge is 2.17. The number of hydrogen-bond acceptors (Lipinski definition) is 4. The van der Waals surface area contributed by atoms with Gasteiger partial charge in [-0.15, -0.1) is 0 Å². The van der Waals surface area contributed by atoms with Crippen molar-refractivity contribution in [3.8, 4) is 11.5 Å². The maximum absolute atomic E-state index is 13.2. The molecule has 3 N–H and O–H groups in total. The van der Waals surface area contributed by atoms with Gasteiger partial charge < -0.3 is 20.1 Å². The zero-order valence-corrected chi connectivity index (χ0v) is 18.3. The van der Waals surface area contributed by atoms with Crippen molar-refractivity contribution in [1.29, 1.82) is 0 Å². The molecule has 7 heteroatoms. The highest BCUT2D eigenvalue weighted by molar-refractivity contribution is 9.10. The lowest BCUT2D eigenvalue weighted by Gasteiger charge is -2.10. The van der Waals surface area contributed by atoms with Gasteiger partial charge in [0, 0.05) is 6.54 Å². The van der Waals surface area contributed by atoms with Crippen LogP contribution in [0.4, 0.5) is 0 Å². The average molecular weight is 478 g/mol. The molecule has 0 aliphatic rings. The van der Waals surface area contributed by atoms with E-state index >= 15 is 0 Å². The molecular formula is C24H20BrN3O3. The first kappa shape index (κ1) is 20.7. The van der Waals surface area contributed by atoms with Crippen LogP contribution in [0.5, 0.6) is 11.5 Å². The molecule has 1 aromatic heterocycles. The predicted molar refractivity (Wildman–Crippen MR) is 125 cm³/mol. The SMILES string of the molecule is COc1cc(C=C(C(=O)NCc2ccccc2)c2nc3ccccc3[nH]2)cc(Br)c1O. The summed E-state index contributed by atoms with van der Waals surface area (Å²) < 4.78 is 5.70. The van der Waals surface area contributed by atoms with Gasteiger partial charge in [-0.05, 0) is 57.4 Å². The summed E-state index contributed by atoms with van der Waals surface area (Å²) >= 11 is 3.33. The summed E-state index contributed by atoms with van der Waals surface area (Å²) in [7, 11) is 1.47. The van der Waals surface area contributed by atoms with Crippen LogP contribution in [0.1, 0.15) is 17.0 Å². The molecular weight excluding hydrogens is 458 g/mol. The number of ether oxygens (including phenoxy) is 1. The van der Waals surface area contributed by atoms with Gasteiger partial charge in [-0.3, -0.25) is 4.79 Å². The third kappa shape index (κ3) is 4.62. The van der Waals surface area contributed by atoms with Crippen molar-refractivity contribution in [2.75, 3.05) is 7.11 Å². The molecule has 6 nitrogen and oxygen atoms in total. The number of fused-ring (bicyclic) bond motifs is 1. The van der Waals surface area contributed by atoms with Crippen molar-refractivity contribution in [2.45, 2.75) is 6.54 Å². The molecule has 31 heavy (non-hydrogen) atoms. The molecule has 0 saturated carbocycles. The number of imidazole rings is 1. The summed E-state index contributed by atoms with van der Waals surface area (Å²) in [5.74, 6) is 0.480. The Morgan fingerprint density at radius 2 is 1.90 bits per heavy atom. The van der Waals surface area contributed by atoms with Crippen molar-refractivity contribution in [1.82, 2.24) is 15.3 Å². The molecule has 0 aliphatic heterocycles. The van der Waals surface area contributed by atoms with E-state index in [-0.39, 0.29) is 11.7 Å². The van der Waals surface area contributed by atoms with Crippen molar-refractivity contribution >= 4 is 44.5 Å². The maximum Gasteiger partial charge on any atom is 0.255 e. The average Bonchev–Trinajstić information content (AvgIpc) is 3.22. The second-order valence-electron chi connectivity index (χ2n) is 6.88. The number of phenols is 1. The molecule has 1 heterocycles. The predicted octanol–water partition coefficient (Wildman–Crippen LogP) is 4.90. The number of carbonyl (C=O) groups is 1. The summed E-state index contributed by atoms with van der Waals surface area (Å²) in [5, 5.41) is 13.1. The van der Waals surface area contributed by atoms with E-state index in [4.69, 9.17) is 4.74 Å². The van der Waals surface area contributed by atoms with E-state index in [1.807, 2.05) is 54.6 Å². The Morgan fingerprint density at radius 1 is 1.16 bits per heavy atom. The number of para-hydroxylation sites is 2. The quantitative estimate of drug-likeness (QED) is 0.344. The van der Waals surface area contributed by atoms with Crippen molar-refractivity contribution in [3.63, 3.8) is 0 Å². The van der Waals surface area contributed by atoms with Gasteiger partial charge >= 0.3 is 0 Å². The molecule has 156 valence electrons. The summed E-state index contributed by atoms with van der Waals surface area (Å²) in [6, 6.07) is 20.7. The van der Waals surface area contributed by atoms with Gasteiger partial charge in [0.2, 0.25) is 0 Å². The summed E-state index contributed by atoms with van der Waals surface area (Å²) in [5.41, 5.74) is 3.64. The van der Waals surface area contributed by atoms with E-state index in [2.05, 4.69) is 31.2 Å². The first-order valence-electron chi connectivity index (χ1n) is 9.60. The maximum atomic E-state index is 13.2. The smallest absolute Gasteiger partial charge is 0.255 e. The first-order chi connectivity index (χ1) is 15.0. The number of phenolic OH excluding ortho intramolecular Hbond substituents is 1. The molecule has 4 aromatic rings. The fraction of sp³-hybridized carbons (Fsp3) is 0.0833. The third-order valence-electron chi connectivity index (χ3n) is 4.77. The lowest BCUT2D eigenvalue weighted by atomic mass is 10.1. The highest BCUT2D eigenvalue weighted by Crippen LogP contribution is 2.36. The van der Waals surface area contributed by atoms with E-state index in [9.17, 15) is 9.90 Å². The van der Waals surface area contributed by atoms with Crippen LogP contribution in [0, 0.1) is 0 Å². The van der Waals surface area contributed by atoms with Gasteiger partial charge in [-0.1, -0.05) is 42.5 Å². The Hall–Kier alpha value is -3.58. The number of aromatic nitrogens is 2. The Labute approximate surface area is 187 Å². The Balaban J connectivity index is 1.74. The van der Waals surface area contributed by atoms with Crippen LogP contribution in [0.3, 0.4) is 0 Å². The van der Waals surface area contributed by atoms with Gasteiger partial charge in [0.15, 0.2) is 11.5 Å². The normalized spacial score (nSPS) is 11.5. The first-order valence-corrected chi connectivity index (χ1v) is 10.4. The summed E-state index contributed by atoms with van der Waals surface area (Å²) in [6.07, 6.45) is 1.71. The minimum Gasteiger partial charge on any atom is -0.503 e. The van der Waals surface area contributed by atoms with Gasteiger partial charge in [0.25, 0.3) is 5.91 Å². The number of methoxy groups -OCH3 is 1. The molecule has 0 bridgehead atoms. The monoisotopic (exact) mass is 477 g/mol. The highest BCUT2D eigenvalue weighted by atomic mass is 79.9. The zero-order valence-electron chi connectivity index (χ0n) is 16.7. The van der Waals surface area contributed by atoms with Crippen LogP contribution in [0.15, 0.2) is 71.2 Å². The molecule has 0 atom stereocenters. The lowest BCUT2D eigenvalue weighted by Crippen LogP contribution is -2.24.